The van der Waals surface area contributed by atoms with Crippen molar-refractivity contribution in [3.05, 3.63) is 66.1 Å². The van der Waals surface area contributed by atoms with Gasteiger partial charge in [0.15, 0.2) is 0 Å². The standard InChI is InChI=1S/C24H26FNO4.F2/c1-15(2)26-21-6-4-3-5-20(21)24(16-7-9-17(25)10-8-16)22(26)12-11-18(27)13-19(28)14-23(29)30;1-2/h3-12,15,18-19,27-28H,13-14H2,1-2H3,(H,29,30);/b12-11+;. The SMILES string of the molecule is CC(C)n1c(/C=C/C(O)CC(O)CC(=O)O)c(-c2ccc(F)cc2)c2ccccc21.FF. The normalized spacial score (nSPS) is 13.2. The van der Waals surface area contributed by atoms with Crippen molar-refractivity contribution in [2.75, 3.05) is 0 Å². The first kappa shape index (κ1) is 25.2. The van der Waals surface area contributed by atoms with Gasteiger partial charge in [-0.25, -0.2) is 4.39 Å². The van der Waals surface area contributed by atoms with Crippen molar-refractivity contribution in [2.45, 2.75) is 44.9 Å². The summed E-state index contributed by atoms with van der Waals surface area (Å²) in [6.07, 6.45) is 0.727. The Balaban J connectivity index is 0.00000176. The van der Waals surface area contributed by atoms with Crippen LogP contribution in [0.5, 0.6) is 0 Å². The molecule has 3 rings (SSSR count). The lowest BCUT2D eigenvalue weighted by molar-refractivity contribution is -0.139. The van der Waals surface area contributed by atoms with Crippen LogP contribution < -0.4 is 0 Å². The molecule has 0 aliphatic rings. The number of nitrogens with zero attached hydrogens (tertiary/aromatic N) is 1. The molecule has 5 nitrogen and oxygen atoms in total. The fourth-order valence-corrected chi connectivity index (χ4v) is 3.77. The molecule has 0 radical (unpaired) electrons. The van der Waals surface area contributed by atoms with Crippen LogP contribution in [0.1, 0.15) is 38.4 Å². The zero-order valence-electron chi connectivity index (χ0n) is 17.8. The molecule has 0 amide bonds. The Hall–Kier alpha value is -3.10. The molecule has 0 fully saturated rings. The van der Waals surface area contributed by atoms with E-state index in [2.05, 4.69) is 18.4 Å². The van der Waals surface area contributed by atoms with Crippen LogP contribution in [0.2, 0.25) is 0 Å². The first-order valence-electron chi connectivity index (χ1n) is 10.1. The van der Waals surface area contributed by atoms with Crippen LogP contribution in [0.15, 0.2) is 54.6 Å². The van der Waals surface area contributed by atoms with Gasteiger partial charge in [0.1, 0.15) is 5.82 Å². The Morgan fingerprint density at radius 3 is 2.28 bits per heavy atom. The van der Waals surface area contributed by atoms with Gasteiger partial charge in [0.05, 0.1) is 18.6 Å². The molecule has 0 aliphatic carbocycles. The number of aliphatic hydroxyl groups excluding tert-OH is 2. The van der Waals surface area contributed by atoms with Crippen LogP contribution in [0.4, 0.5) is 13.5 Å². The van der Waals surface area contributed by atoms with Gasteiger partial charge >= 0.3 is 5.97 Å². The molecule has 0 spiro atoms. The number of carboxylic acid groups (broad SMARTS) is 1. The molecule has 1 heterocycles. The summed E-state index contributed by atoms with van der Waals surface area (Å²) in [5.41, 5.74) is 3.65. The number of fused-ring (bicyclic) bond motifs is 1. The van der Waals surface area contributed by atoms with E-state index in [-0.39, 0.29) is 18.3 Å². The number of aromatic nitrogens is 1. The van der Waals surface area contributed by atoms with Gasteiger partial charge in [0.25, 0.3) is 0 Å². The van der Waals surface area contributed by atoms with E-state index >= 15 is 0 Å². The highest BCUT2D eigenvalue weighted by Gasteiger charge is 2.19. The lowest BCUT2D eigenvalue weighted by Crippen LogP contribution is -2.19. The highest BCUT2D eigenvalue weighted by atomic mass is 20.0. The van der Waals surface area contributed by atoms with Crippen molar-refractivity contribution >= 4 is 22.9 Å². The highest BCUT2D eigenvalue weighted by molar-refractivity contribution is 6.01. The summed E-state index contributed by atoms with van der Waals surface area (Å²) >= 11 is 0. The van der Waals surface area contributed by atoms with Crippen LogP contribution >= 0.6 is 0 Å². The highest BCUT2D eigenvalue weighted by Crippen LogP contribution is 2.38. The number of rotatable bonds is 8. The Morgan fingerprint density at radius 1 is 1.06 bits per heavy atom. The first-order valence-corrected chi connectivity index (χ1v) is 10.1. The quantitative estimate of drug-likeness (QED) is 0.426. The van der Waals surface area contributed by atoms with E-state index in [1.165, 1.54) is 12.1 Å². The number of para-hydroxylation sites is 1. The number of hydrogen-bond acceptors (Lipinski definition) is 3. The number of carboxylic acids is 1. The first-order chi connectivity index (χ1) is 15.3. The molecule has 0 saturated heterocycles. The molecule has 172 valence electrons. The minimum atomic E-state index is -1.13. The van der Waals surface area contributed by atoms with E-state index in [9.17, 15) is 19.4 Å². The van der Waals surface area contributed by atoms with E-state index in [0.29, 0.717) is 0 Å². The van der Waals surface area contributed by atoms with Crippen LogP contribution in [-0.2, 0) is 4.79 Å². The van der Waals surface area contributed by atoms with Crippen LogP contribution in [0.25, 0.3) is 28.1 Å². The molecule has 0 saturated carbocycles. The minimum absolute atomic E-state index is 0.0728. The van der Waals surface area contributed by atoms with Crippen molar-refractivity contribution in [1.82, 2.24) is 4.57 Å². The number of carbonyl (C=O) groups is 1. The monoisotopic (exact) mass is 449 g/mol. The summed E-state index contributed by atoms with van der Waals surface area (Å²) in [6.45, 7) is 4.12. The van der Waals surface area contributed by atoms with Crippen molar-refractivity contribution < 1.29 is 33.7 Å². The Bertz CT molecular complexity index is 1060. The molecule has 32 heavy (non-hydrogen) atoms. The molecular weight excluding hydrogens is 423 g/mol. The summed E-state index contributed by atoms with van der Waals surface area (Å²) < 4.78 is 31.6. The van der Waals surface area contributed by atoms with Crippen LogP contribution in [0, 0.1) is 5.82 Å². The maximum Gasteiger partial charge on any atom is 0.305 e. The second kappa shape index (κ2) is 11.5. The molecule has 2 atom stereocenters. The predicted molar refractivity (Wildman–Crippen MR) is 118 cm³/mol. The van der Waals surface area contributed by atoms with Crippen molar-refractivity contribution in [2.24, 2.45) is 0 Å². The third kappa shape index (κ3) is 5.99. The van der Waals surface area contributed by atoms with Gasteiger partial charge in [0.2, 0.25) is 0 Å². The zero-order chi connectivity index (χ0) is 23.8. The Labute approximate surface area is 183 Å². The number of hydrogen-bond donors (Lipinski definition) is 3. The van der Waals surface area contributed by atoms with Crippen LogP contribution in [-0.4, -0.2) is 38.1 Å². The smallest absolute Gasteiger partial charge is 0.305 e. The molecule has 2 unspecified atom stereocenters. The second-order valence-corrected chi connectivity index (χ2v) is 7.66. The van der Waals surface area contributed by atoms with E-state index < -0.39 is 24.6 Å². The van der Waals surface area contributed by atoms with Crippen molar-refractivity contribution in [3.8, 4) is 11.1 Å². The Morgan fingerprint density at radius 2 is 1.69 bits per heavy atom. The summed E-state index contributed by atoms with van der Waals surface area (Å²) in [4.78, 5) is 10.7. The fourth-order valence-electron chi connectivity index (χ4n) is 3.77. The van der Waals surface area contributed by atoms with Gasteiger partial charge < -0.3 is 19.9 Å². The lowest BCUT2D eigenvalue weighted by atomic mass is 10.0. The van der Waals surface area contributed by atoms with Gasteiger partial charge in [-0.15, -0.1) is 0 Å². The van der Waals surface area contributed by atoms with E-state index in [0.717, 1.165) is 27.7 Å². The zero-order valence-corrected chi connectivity index (χ0v) is 17.8. The average molecular weight is 449 g/mol. The van der Waals surface area contributed by atoms with Crippen molar-refractivity contribution in [1.29, 1.82) is 0 Å². The summed E-state index contributed by atoms with van der Waals surface area (Å²) in [5.74, 6) is -1.43. The summed E-state index contributed by atoms with van der Waals surface area (Å²) in [5, 5.41) is 29.9. The van der Waals surface area contributed by atoms with Crippen LogP contribution in [0.3, 0.4) is 0 Å². The molecule has 2 aromatic carbocycles. The number of aliphatic carboxylic acids is 1. The largest absolute Gasteiger partial charge is 0.481 e. The van der Waals surface area contributed by atoms with Gasteiger partial charge in [0, 0.05) is 43.8 Å². The van der Waals surface area contributed by atoms with E-state index in [4.69, 9.17) is 14.3 Å². The maximum atomic E-state index is 13.5. The maximum absolute atomic E-state index is 13.5. The molecular formula is C24H26F3NO4. The van der Waals surface area contributed by atoms with E-state index in [1.54, 1.807) is 24.3 Å². The van der Waals surface area contributed by atoms with Gasteiger partial charge in [-0.3, -0.25) is 4.79 Å². The molecule has 3 aromatic rings. The molecule has 0 bridgehead atoms. The summed E-state index contributed by atoms with van der Waals surface area (Å²) in [6, 6.07) is 14.4. The minimum Gasteiger partial charge on any atom is -0.481 e. The molecule has 8 heteroatoms. The van der Waals surface area contributed by atoms with Crippen molar-refractivity contribution in [3.63, 3.8) is 0 Å². The Kier molecular flexibility index (Phi) is 9.04. The molecule has 0 aliphatic heterocycles. The molecule has 3 N–H and O–H groups in total. The van der Waals surface area contributed by atoms with Gasteiger partial charge in [-0.2, -0.15) is 0 Å². The third-order valence-electron chi connectivity index (χ3n) is 5.00. The van der Waals surface area contributed by atoms with Gasteiger partial charge in [-0.05, 0) is 43.7 Å². The topological polar surface area (TPSA) is 82.7 Å². The fraction of sp³-hybridized carbons (Fsp3) is 0.292. The van der Waals surface area contributed by atoms with E-state index in [1.807, 2.05) is 24.3 Å². The number of halogens is 3. The third-order valence-corrected chi connectivity index (χ3v) is 5.00. The lowest BCUT2D eigenvalue weighted by Gasteiger charge is -2.15. The summed E-state index contributed by atoms with van der Waals surface area (Å²) in [7, 11) is 0. The van der Waals surface area contributed by atoms with Gasteiger partial charge in [-0.1, -0.05) is 36.4 Å². The second-order valence-electron chi connectivity index (χ2n) is 7.66. The predicted octanol–water partition coefficient (Wildman–Crippen LogP) is 5.47. The number of aliphatic hydroxyl groups is 2. The number of benzene rings is 2. The average Bonchev–Trinajstić information content (AvgIpc) is 3.08. The molecule has 1 aromatic heterocycles.